The van der Waals surface area contributed by atoms with E-state index in [-0.39, 0.29) is 5.91 Å². The Labute approximate surface area is 128 Å². The Kier molecular flexibility index (Phi) is 4.02. The van der Waals surface area contributed by atoms with Crippen molar-refractivity contribution in [1.82, 2.24) is 0 Å². The van der Waals surface area contributed by atoms with E-state index in [1.807, 2.05) is 35.7 Å². The van der Waals surface area contributed by atoms with Crippen LogP contribution in [-0.4, -0.2) is 5.91 Å². The monoisotopic (exact) mass is 295 g/mol. The van der Waals surface area contributed by atoms with E-state index >= 15 is 0 Å². The average Bonchev–Trinajstić information content (AvgIpc) is 2.91. The fourth-order valence-corrected chi connectivity index (χ4v) is 3.24. The van der Waals surface area contributed by atoms with Crippen molar-refractivity contribution in [2.75, 3.05) is 5.32 Å². The minimum atomic E-state index is 0.0304. The van der Waals surface area contributed by atoms with Crippen molar-refractivity contribution in [3.8, 4) is 0 Å². The third kappa shape index (κ3) is 3.14. The van der Waals surface area contributed by atoms with Gasteiger partial charge in [0.15, 0.2) is 0 Å². The number of carbonyl (C=O) groups is 1. The fraction of sp³-hybridized carbons (Fsp3) is 0.167. The van der Waals surface area contributed by atoms with Crippen molar-refractivity contribution < 1.29 is 4.79 Å². The quantitative estimate of drug-likeness (QED) is 0.746. The summed E-state index contributed by atoms with van der Waals surface area (Å²) in [5.74, 6) is 0.0304. The molecule has 1 heterocycles. The number of benzene rings is 2. The van der Waals surface area contributed by atoms with Crippen LogP contribution in [0.25, 0.3) is 10.1 Å². The summed E-state index contributed by atoms with van der Waals surface area (Å²) in [7, 11) is 0. The number of hydrogen-bond donors (Lipinski definition) is 1. The number of amides is 1. The van der Waals surface area contributed by atoms with Gasteiger partial charge in [-0.3, -0.25) is 4.79 Å². The Morgan fingerprint density at radius 3 is 2.52 bits per heavy atom. The van der Waals surface area contributed by atoms with Crippen LogP contribution in [0.15, 0.2) is 53.9 Å². The third-order valence-electron chi connectivity index (χ3n) is 3.55. The molecule has 2 aromatic carbocycles. The first kappa shape index (κ1) is 13.8. The van der Waals surface area contributed by atoms with Gasteiger partial charge >= 0.3 is 0 Å². The van der Waals surface area contributed by atoms with Crippen LogP contribution in [0.3, 0.4) is 0 Å². The highest BCUT2D eigenvalue weighted by molar-refractivity contribution is 7.17. The second kappa shape index (κ2) is 6.10. The van der Waals surface area contributed by atoms with Gasteiger partial charge in [0.25, 0.3) is 0 Å². The van der Waals surface area contributed by atoms with Crippen molar-refractivity contribution in [1.29, 1.82) is 0 Å². The first-order chi connectivity index (χ1) is 10.3. The molecular weight excluding hydrogens is 278 g/mol. The highest BCUT2D eigenvalue weighted by atomic mass is 32.1. The molecule has 0 fully saturated rings. The van der Waals surface area contributed by atoms with Gasteiger partial charge in [0.05, 0.1) is 12.1 Å². The minimum absolute atomic E-state index is 0.0304. The van der Waals surface area contributed by atoms with Crippen LogP contribution in [0.4, 0.5) is 5.69 Å². The molecule has 1 amide bonds. The lowest BCUT2D eigenvalue weighted by Crippen LogP contribution is -2.14. The molecule has 0 aliphatic carbocycles. The van der Waals surface area contributed by atoms with Crippen molar-refractivity contribution in [2.45, 2.75) is 19.8 Å². The summed E-state index contributed by atoms with van der Waals surface area (Å²) in [4.78, 5) is 12.2. The summed E-state index contributed by atoms with van der Waals surface area (Å²) in [5.41, 5.74) is 3.25. The first-order valence-corrected chi connectivity index (χ1v) is 7.98. The van der Waals surface area contributed by atoms with Gasteiger partial charge in [-0.25, -0.2) is 0 Å². The molecule has 0 radical (unpaired) electrons. The van der Waals surface area contributed by atoms with Crippen molar-refractivity contribution in [2.24, 2.45) is 0 Å². The highest BCUT2D eigenvalue weighted by Gasteiger charge is 2.08. The van der Waals surface area contributed by atoms with Crippen molar-refractivity contribution in [3.63, 3.8) is 0 Å². The van der Waals surface area contributed by atoms with Gasteiger partial charge in [-0.2, -0.15) is 0 Å². The van der Waals surface area contributed by atoms with E-state index < -0.39 is 0 Å². The maximum absolute atomic E-state index is 12.2. The van der Waals surface area contributed by atoms with Gasteiger partial charge in [0.2, 0.25) is 5.91 Å². The Morgan fingerprint density at radius 2 is 1.76 bits per heavy atom. The van der Waals surface area contributed by atoms with Gasteiger partial charge in [0.1, 0.15) is 0 Å². The summed E-state index contributed by atoms with van der Waals surface area (Å²) < 4.78 is 1.19. The van der Waals surface area contributed by atoms with Crippen LogP contribution in [0.2, 0.25) is 0 Å². The Bertz CT molecular complexity index is 758. The summed E-state index contributed by atoms with van der Waals surface area (Å²) in [5, 5.41) is 6.12. The van der Waals surface area contributed by atoms with E-state index in [0.717, 1.165) is 23.1 Å². The van der Waals surface area contributed by atoms with Gasteiger partial charge < -0.3 is 5.32 Å². The van der Waals surface area contributed by atoms with E-state index in [0.29, 0.717) is 6.42 Å². The second-order valence-corrected chi connectivity index (χ2v) is 5.95. The van der Waals surface area contributed by atoms with Crippen LogP contribution < -0.4 is 5.32 Å². The number of aryl methyl sites for hydroxylation is 1. The van der Waals surface area contributed by atoms with Crippen LogP contribution in [0.5, 0.6) is 0 Å². The lowest BCUT2D eigenvalue weighted by molar-refractivity contribution is -0.115. The smallest absolute Gasteiger partial charge is 0.228 e. The standard InChI is InChI=1S/C18H17NOS/c1-2-13-7-9-14(10-8-13)11-18(20)19-16-12-21-17-6-4-3-5-15(16)17/h3-10,12H,2,11H2,1H3,(H,19,20). The molecule has 0 bridgehead atoms. The average molecular weight is 295 g/mol. The Balaban J connectivity index is 1.71. The maximum atomic E-state index is 12.2. The molecule has 21 heavy (non-hydrogen) atoms. The van der Waals surface area contributed by atoms with Crippen molar-refractivity contribution >= 4 is 33.0 Å². The number of nitrogens with one attached hydrogen (secondary N) is 1. The molecule has 1 N–H and O–H groups in total. The molecule has 0 saturated heterocycles. The molecule has 1 aromatic heterocycles. The Hall–Kier alpha value is -2.13. The molecule has 3 rings (SSSR count). The Morgan fingerprint density at radius 1 is 1.05 bits per heavy atom. The lowest BCUT2D eigenvalue weighted by atomic mass is 10.1. The topological polar surface area (TPSA) is 29.1 Å². The number of anilines is 1. The molecule has 3 aromatic rings. The second-order valence-electron chi connectivity index (χ2n) is 5.04. The SMILES string of the molecule is CCc1ccc(CC(=O)Nc2csc3ccccc23)cc1. The fourth-order valence-electron chi connectivity index (χ4n) is 2.35. The maximum Gasteiger partial charge on any atom is 0.228 e. The molecule has 0 aliphatic rings. The van der Waals surface area contributed by atoms with E-state index in [1.54, 1.807) is 11.3 Å². The number of fused-ring (bicyclic) bond motifs is 1. The summed E-state index contributed by atoms with van der Waals surface area (Å²) in [6, 6.07) is 16.4. The molecule has 0 atom stereocenters. The molecule has 2 nitrogen and oxygen atoms in total. The molecule has 0 unspecified atom stereocenters. The molecule has 0 aliphatic heterocycles. The van der Waals surface area contributed by atoms with E-state index in [9.17, 15) is 4.79 Å². The number of thiophene rings is 1. The van der Waals surface area contributed by atoms with Gasteiger partial charge in [-0.05, 0) is 23.6 Å². The summed E-state index contributed by atoms with van der Waals surface area (Å²) >= 11 is 1.65. The lowest BCUT2D eigenvalue weighted by Gasteiger charge is -2.05. The number of carbonyl (C=O) groups excluding carboxylic acids is 1. The zero-order chi connectivity index (χ0) is 14.7. The van der Waals surface area contributed by atoms with Crippen LogP contribution in [0, 0.1) is 0 Å². The predicted molar refractivity (Wildman–Crippen MR) is 90.0 cm³/mol. The van der Waals surface area contributed by atoms with Crippen LogP contribution in [-0.2, 0) is 17.6 Å². The molecule has 106 valence electrons. The molecule has 0 spiro atoms. The zero-order valence-corrected chi connectivity index (χ0v) is 12.7. The van der Waals surface area contributed by atoms with Gasteiger partial charge in [-0.1, -0.05) is 49.4 Å². The van der Waals surface area contributed by atoms with E-state index in [1.165, 1.54) is 10.3 Å². The third-order valence-corrected chi connectivity index (χ3v) is 4.51. The van der Waals surface area contributed by atoms with Crippen molar-refractivity contribution in [3.05, 3.63) is 65.0 Å². The van der Waals surface area contributed by atoms with Gasteiger partial charge in [0, 0.05) is 15.5 Å². The van der Waals surface area contributed by atoms with Crippen LogP contribution in [0.1, 0.15) is 18.1 Å². The predicted octanol–water partition coefficient (Wildman–Crippen LogP) is 4.64. The summed E-state index contributed by atoms with van der Waals surface area (Å²) in [6.45, 7) is 2.13. The van der Waals surface area contributed by atoms with E-state index in [2.05, 4.69) is 30.4 Å². The summed E-state index contributed by atoms with van der Waals surface area (Å²) in [6.07, 6.45) is 1.43. The van der Waals surface area contributed by atoms with E-state index in [4.69, 9.17) is 0 Å². The highest BCUT2D eigenvalue weighted by Crippen LogP contribution is 2.29. The molecule has 3 heteroatoms. The normalized spacial score (nSPS) is 10.7. The largest absolute Gasteiger partial charge is 0.325 e. The molecular formula is C18H17NOS. The molecule has 0 saturated carbocycles. The zero-order valence-electron chi connectivity index (χ0n) is 11.9. The van der Waals surface area contributed by atoms with Gasteiger partial charge in [-0.15, -0.1) is 11.3 Å². The number of hydrogen-bond acceptors (Lipinski definition) is 2. The van der Waals surface area contributed by atoms with Crippen LogP contribution >= 0.6 is 11.3 Å². The minimum Gasteiger partial charge on any atom is -0.325 e. The number of rotatable bonds is 4. The first-order valence-electron chi connectivity index (χ1n) is 7.10.